The van der Waals surface area contributed by atoms with Gasteiger partial charge in [0.15, 0.2) is 0 Å². The van der Waals surface area contributed by atoms with Crippen LogP contribution in [0, 0.1) is 0 Å². The minimum Gasteiger partial charge on any atom is -0.325 e. The quantitative estimate of drug-likeness (QED) is 0.444. The number of rotatable bonds is 6. The maximum Gasteiger partial charge on any atom is 0.418 e. The zero-order chi connectivity index (χ0) is 21.7. The van der Waals surface area contributed by atoms with Crippen molar-refractivity contribution in [2.45, 2.75) is 23.2 Å². The second kappa shape index (κ2) is 9.36. The third-order valence-corrected chi connectivity index (χ3v) is 6.01. The average Bonchev–Trinajstić information content (AvgIpc) is 3.24. The number of alkyl halides is 3. The Kier molecular flexibility index (Phi) is 6.84. The van der Waals surface area contributed by atoms with Crippen LogP contribution in [0.25, 0.3) is 0 Å². The number of thioether (sulfide) groups is 1. The maximum atomic E-state index is 13.1. The summed E-state index contributed by atoms with van der Waals surface area (Å²) < 4.78 is 39.2. The van der Waals surface area contributed by atoms with Crippen molar-refractivity contribution in [2.24, 2.45) is 0 Å². The molecule has 1 unspecified atom stereocenters. The number of anilines is 2. The smallest absolute Gasteiger partial charge is 0.325 e. The zero-order valence-corrected chi connectivity index (χ0v) is 17.3. The van der Waals surface area contributed by atoms with Crippen LogP contribution in [0.5, 0.6) is 0 Å². The molecule has 0 aliphatic rings. The number of hydrogen-bond acceptors (Lipinski definition) is 4. The van der Waals surface area contributed by atoms with Gasteiger partial charge in [-0.05, 0) is 54.8 Å². The lowest BCUT2D eigenvalue weighted by Gasteiger charge is -2.16. The molecule has 2 amide bonds. The van der Waals surface area contributed by atoms with Gasteiger partial charge in [-0.1, -0.05) is 18.2 Å². The molecule has 0 aliphatic heterocycles. The summed E-state index contributed by atoms with van der Waals surface area (Å²) in [5.74, 6) is -0.742. The van der Waals surface area contributed by atoms with Crippen LogP contribution in [0.15, 0.2) is 70.9 Å². The molecule has 0 bridgehead atoms. The predicted molar refractivity (Wildman–Crippen MR) is 114 cm³/mol. The van der Waals surface area contributed by atoms with Crippen LogP contribution in [0.1, 0.15) is 22.2 Å². The minimum atomic E-state index is -4.55. The van der Waals surface area contributed by atoms with Crippen molar-refractivity contribution < 1.29 is 22.8 Å². The van der Waals surface area contributed by atoms with Crippen LogP contribution < -0.4 is 10.6 Å². The summed E-state index contributed by atoms with van der Waals surface area (Å²) in [6.07, 6.45) is -4.55. The number of hydrogen-bond donors (Lipinski definition) is 2. The molecule has 2 aromatic carbocycles. The second-order valence-corrected chi connectivity index (χ2v) is 8.61. The zero-order valence-electron chi connectivity index (χ0n) is 15.7. The van der Waals surface area contributed by atoms with Gasteiger partial charge in [0.05, 0.1) is 21.4 Å². The van der Waals surface area contributed by atoms with E-state index >= 15 is 0 Å². The van der Waals surface area contributed by atoms with E-state index in [4.69, 9.17) is 0 Å². The Labute approximate surface area is 179 Å². The first-order chi connectivity index (χ1) is 14.2. The van der Waals surface area contributed by atoms with Crippen LogP contribution in [-0.2, 0) is 11.0 Å². The lowest BCUT2D eigenvalue weighted by Crippen LogP contribution is -2.24. The molecule has 3 aromatic rings. The average molecular weight is 451 g/mol. The molecule has 156 valence electrons. The summed E-state index contributed by atoms with van der Waals surface area (Å²) in [7, 11) is 0. The van der Waals surface area contributed by atoms with Gasteiger partial charge in [-0.2, -0.15) is 13.2 Å². The van der Waals surface area contributed by atoms with Gasteiger partial charge in [0.1, 0.15) is 0 Å². The monoisotopic (exact) mass is 450 g/mol. The van der Waals surface area contributed by atoms with Crippen molar-refractivity contribution in [3.05, 3.63) is 76.5 Å². The van der Waals surface area contributed by atoms with E-state index < -0.39 is 22.9 Å². The molecule has 9 heteroatoms. The Bertz CT molecular complexity index is 1020. The van der Waals surface area contributed by atoms with Gasteiger partial charge in [-0.25, -0.2) is 0 Å². The summed E-state index contributed by atoms with van der Waals surface area (Å²) in [5, 5.41) is 6.32. The summed E-state index contributed by atoms with van der Waals surface area (Å²) in [6.45, 7) is 1.61. The fourth-order valence-electron chi connectivity index (χ4n) is 2.55. The highest BCUT2D eigenvalue weighted by molar-refractivity contribution is 8.00. The predicted octanol–water partition coefficient (Wildman–Crippen LogP) is 6.14. The fraction of sp³-hybridized carbons (Fsp3) is 0.143. The SMILES string of the molecule is CC(Sc1ccc(NC(=O)c2cccs2)cc1)C(=O)Nc1ccccc1C(F)(F)F. The van der Waals surface area contributed by atoms with E-state index in [1.807, 2.05) is 5.38 Å². The summed E-state index contributed by atoms with van der Waals surface area (Å²) in [4.78, 5) is 25.8. The van der Waals surface area contributed by atoms with Crippen molar-refractivity contribution in [1.29, 1.82) is 0 Å². The Balaban J connectivity index is 1.60. The number of nitrogens with one attached hydrogen (secondary N) is 2. The molecule has 0 radical (unpaired) electrons. The lowest BCUT2D eigenvalue weighted by atomic mass is 10.1. The molecule has 2 N–H and O–H groups in total. The molecule has 0 fully saturated rings. The fourth-order valence-corrected chi connectivity index (χ4v) is 4.03. The molecule has 0 spiro atoms. The van der Waals surface area contributed by atoms with Crippen molar-refractivity contribution in [2.75, 3.05) is 10.6 Å². The molecule has 1 heterocycles. The highest BCUT2D eigenvalue weighted by atomic mass is 32.2. The van der Waals surface area contributed by atoms with Crippen molar-refractivity contribution in [3.63, 3.8) is 0 Å². The summed E-state index contributed by atoms with van der Waals surface area (Å²) >= 11 is 2.54. The molecular formula is C21H17F3N2O2S2. The Morgan fingerprint density at radius 2 is 1.67 bits per heavy atom. The van der Waals surface area contributed by atoms with Gasteiger partial charge in [-0.15, -0.1) is 23.1 Å². The van der Waals surface area contributed by atoms with Gasteiger partial charge in [-0.3, -0.25) is 9.59 Å². The molecular weight excluding hydrogens is 433 g/mol. The first kappa shape index (κ1) is 21.9. The van der Waals surface area contributed by atoms with E-state index in [0.717, 1.165) is 11.0 Å². The second-order valence-electron chi connectivity index (χ2n) is 6.25. The summed E-state index contributed by atoms with van der Waals surface area (Å²) in [6, 6.07) is 15.3. The number of halogens is 3. The largest absolute Gasteiger partial charge is 0.418 e. The van der Waals surface area contributed by atoms with Crippen LogP contribution in [0.4, 0.5) is 24.5 Å². The molecule has 30 heavy (non-hydrogen) atoms. The molecule has 0 saturated heterocycles. The Morgan fingerprint density at radius 1 is 0.967 bits per heavy atom. The van der Waals surface area contributed by atoms with Crippen LogP contribution in [-0.4, -0.2) is 17.1 Å². The maximum absolute atomic E-state index is 13.1. The molecule has 0 aliphatic carbocycles. The van der Waals surface area contributed by atoms with Gasteiger partial charge < -0.3 is 10.6 Å². The van der Waals surface area contributed by atoms with Crippen LogP contribution >= 0.6 is 23.1 Å². The normalized spacial score (nSPS) is 12.3. The third kappa shape index (κ3) is 5.64. The van der Waals surface area contributed by atoms with Crippen LogP contribution in [0.2, 0.25) is 0 Å². The molecule has 4 nitrogen and oxygen atoms in total. The Morgan fingerprint density at radius 3 is 2.30 bits per heavy atom. The van der Waals surface area contributed by atoms with Crippen molar-refractivity contribution in [1.82, 2.24) is 0 Å². The number of amides is 2. The van der Waals surface area contributed by atoms with Crippen molar-refractivity contribution in [3.8, 4) is 0 Å². The molecule has 0 saturated carbocycles. The lowest BCUT2D eigenvalue weighted by molar-refractivity contribution is -0.137. The van der Waals surface area contributed by atoms with E-state index in [9.17, 15) is 22.8 Å². The van der Waals surface area contributed by atoms with E-state index in [0.29, 0.717) is 10.6 Å². The van der Waals surface area contributed by atoms with E-state index in [2.05, 4.69) is 10.6 Å². The van der Waals surface area contributed by atoms with Crippen LogP contribution in [0.3, 0.4) is 0 Å². The van der Waals surface area contributed by atoms with Gasteiger partial charge in [0.2, 0.25) is 5.91 Å². The van der Waals surface area contributed by atoms with E-state index in [-0.39, 0.29) is 11.6 Å². The van der Waals surface area contributed by atoms with E-state index in [1.54, 1.807) is 43.3 Å². The first-order valence-corrected chi connectivity index (χ1v) is 10.6. The van der Waals surface area contributed by atoms with Crippen molar-refractivity contribution >= 4 is 46.3 Å². The van der Waals surface area contributed by atoms with E-state index in [1.165, 1.54) is 41.3 Å². The standard InChI is InChI=1S/C21H17F3N2O2S2/c1-13(19(27)26-17-6-3-2-5-16(17)21(22,23)24)30-15-10-8-14(9-11-15)25-20(28)18-7-4-12-29-18/h2-13H,1H3,(H,25,28)(H,26,27). The topological polar surface area (TPSA) is 58.2 Å². The Hall–Kier alpha value is -2.78. The molecule has 1 atom stereocenters. The number of carbonyl (C=O) groups excluding carboxylic acids is 2. The number of carbonyl (C=O) groups is 2. The number of thiophene rings is 1. The highest BCUT2D eigenvalue weighted by Gasteiger charge is 2.33. The highest BCUT2D eigenvalue weighted by Crippen LogP contribution is 2.35. The third-order valence-electron chi connectivity index (χ3n) is 4.03. The molecule has 1 aromatic heterocycles. The van der Waals surface area contributed by atoms with Gasteiger partial charge in [0.25, 0.3) is 5.91 Å². The number of benzene rings is 2. The summed E-state index contributed by atoms with van der Waals surface area (Å²) in [5.41, 5.74) is -0.551. The number of para-hydroxylation sites is 1. The van der Waals surface area contributed by atoms with Gasteiger partial charge in [0, 0.05) is 10.6 Å². The molecule has 3 rings (SSSR count). The minimum absolute atomic E-state index is 0.207. The van der Waals surface area contributed by atoms with Gasteiger partial charge >= 0.3 is 6.18 Å². The first-order valence-electron chi connectivity index (χ1n) is 8.82.